The molecular formula is C11H14O4S. The molecule has 16 heavy (non-hydrogen) atoms. The molecule has 0 aromatic rings. The van der Waals surface area contributed by atoms with E-state index >= 15 is 0 Å². The molecule has 0 radical (unpaired) electrons. The molecule has 5 heteroatoms. The van der Waals surface area contributed by atoms with Crippen molar-refractivity contribution < 1.29 is 19.1 Å². The maximum absolute atomic E-state index is 12.0. The fraction of sp³-hybridized carbons (Fsp3) is 0.636. The molecule has 0 unspecified atom stereocenters. The number of hydrogen-bond donors (Lipinski definition) is 0. The summed E-state index contributed by atoms with van der Waals surface area (Å²) in [6.45, 7) is 5.03. The van der Waals surface area contributed by atoms with E-state index in [9.17, 15) is 9.59 Å². The predicted octanol–water partition coefficient (Wildman–Crippen LogP) is 1.64. The number of cyclic esters (lactones) is 2. The molecule has 0 saturated carbocycles. The lowest BCUT2D eigenvalue weighted by atomic mass is 9.97. The van der Waals surface area contributed by atoms with Gasteiger partial charge in [0.15, 0.2) is 0 Å². The highest BCUT2D eigenvalue weighted by molar-refractivity contribution is 8.02. The Kier molecular flexibility index (Phi) is 2.53. The molecule has 1 saturated heterocycles. The van der Waals surface area contributed by atoms with Crippen LogP contribution >= 0.6 is 11.8 Å². The molecule has 1 spiro atoms. The standard InChI is InChI=1S/C11H14O4S/c1-7-4-5-16-11(6-7)8(12)14-10(2,3)15-9(11)13/h4H,5-6H2,1-3H3. The average molecular weight is 242 g/mol. The van der Waals surface area contributed by atoms with Gasteiger partial charge < -0.3 is 9.47 Å². The third-order valence-electron chi connectivity index (χ3n) is 2.63. The van der Waals surface area contributed by atoms with Gasteiger partial charge in [-0.05, 0) is 6.92 Å². The van der Waals surface area contributed by atoms with Gasteiger partial charge in [-0.15, -0.1) is 11.8 Å². The van der Waals surface area contributed by atoms with Crippen LogP contribution in [0.5, 0.6) is 0 Å². The molecule has 0 bridgehead atoms. The quantitative estimate of drug-likeness (QED) is 0.367. The van der Waals surface area contributed by atoms with Crippen LogP contribution in [0.25, 0.3) is 0 Å². The first kappa shape index (κ1) is 11.5. The second kappa shape index (κ2) is 3.52. The van der Waals surface area contributed by atoms with Gasteiger partial charge in [0.2, 0.25) is 4.75 Å². The van der Waals surface area contributed by atoms with Gasteiger partial charge >= 0.3 is 11.9 Å². The van der Waals surface area contributed by atoms with Gasteiger partial charge in [-0.3, -0.25) is 0 Å². The van der Waals surface area contributed by atoms with E-state index in [0.29, 0.717) is 12.2 Å². The zero-order valence-electron chi connectivity index (χ0n) is 9.53. The minimum atomic E-state index is -1.17. The van der Waals surface area contributed by atoms with E-state index in [2.05, 4.69) is 0 Å². The van der Waals surface area contributed by atoms with Crippen LogP contribution in [0.4, 0.5) is 0 Å². The van der Waals surface area contributed by atoms with Crippen LogP contribution in [-0.2, 0) is 19.1 Å². The third-order valence-corrected chi connectivity index (χ3v) is 3.93. The van der Waals surface area contributed by atoms with Crippen molar-refractivity contribution in [2.24, 2.45) is 0 Å². The summed E-state index contributed by atoms with van der Waals surface area (Å²) in [6.07, 6.45) is 2.39. The molecule has 0 aliphatic carbocycles. The number of thioether (sulfide) groups is 1. The zero-order chi connectivity index (χ0) is 12.0. The smallest absolute Gasteiger partial charge is 0.337 e. The number of hydrogen-bond acceptors (Lipinski definition) is 5. The van der Waals surface area contributed by atoms with Crippen molar-refractivity contribution in [1.82, 2.24) is 0 Å². The molecule has 2 rings (SSSR count). The Bertz CT molecular complexity index is 363. The molecule has 0 amide bonds. The first-order chi connectivity index (χ1) is 7.36. The average Bonchev–Trinajstić information content (AvgIpc) is 2.13. The second-order valence-corrected chi connectivity index (χ2v) is 5.86. The number of ether oxygens (including phenoxy) is 2. The molecule has 0 atom stereocenters. The Hall–Kier alpha value is -0.970. The van der Waals surface area contributed by atoms with Crippen LogP contribution in [0.1, 0.15) is 27.2 Å². The Morgan fingerprint density at radius 3 is 2.31 bits per heavy atom. The van der Waals surface area contributed by atoms with Crippen LogP contribution in [0, 0.1) is 0 Å². The van der Waals surface area contributed by atoms with E-state index in [0.717, 1.165) is 5.57 Å². The summed E-state index contributed by atoms with van der Waals surface area (Å²) >= 11 is 1.28. The van der Waals surface area contributed by atoms with Gasteiger partial charge in [0, 0.05) is 26.0 Å². The maximum Gasteiger partial charge on any atom is 0.337 e. The van der Waals surface area contributed by atoms with Crippen molar-refractivity contribution >= 4 is 23.7 Å². The van der Waals surface area contributed by atoms with Crippen LogP contribution < -0.4 is 0 Å². The van der Waals surface area contributed by atoms with E-state index in [1.54, 1.807) is 13.8 Å². The van der Waals surface area contributed by atoms with Crippen molar-refractivity contribution in [1.29, 1.82) is 0 Å². The topological polar surface area (TPSA) is 52.6 Å². The molecule has 2 aliphatic rings. The van der Waals surface area contributed by atoms with E-state index in [1.165, 1.54) is 11.8 Å². The van der Waals surface area contributed by atoms with Gasteiger partial charge in [-0.25, -0.2) is 9.59 Å². The van der Waals surface area contributed by atoms with Crippen molar-refractivity contribution in [3.8, 4) is 0 Å². The first-order valence-corrected chi connectivity index (χ1v) is 6.11. The normalized spacial score (nSPS) is 27.1. The first-order valence-electron chi connectivity index (χ1n) is 5.12. The number of allylic oxidation sites excluding steroid dienone is 1. The van der Waals surface area contributed by atoms with Crippen molar-refractivity contribution in [2.75, 3.05) is 5.75 Å². The molecule has 88 valence electrons. The summed E-state index contributed by atoms with van der Waals surface area (Å²) in [5.74, 6) is -1.47. The van der Waals surface area contributed by atoms with Crippen molar-refractivity contribution in [3.63, 3.8) is 0 Å². The lowest BCUT2D eigenvalue weighted by molar-refractivity contribution is -0.236. The summed E-state index contributed by atoms with van der Waals surface area (Å²) in [4.78, 5) is 23.9. The third kappa shape index (κ3) is 1.73. The van der Waals surface area contributed by atoms with Gasteiger partial charge in [0.05, 0.1) is 0 Å². The van der Waals surface area contributed by atoms with E-state index in [4.69, 9.17) is 9.47 Å². The summed E-state index contributed by atoms with van der Waals surface area (Å²) in [6, 6.07) is 0. The summed E-state index contributed by atoms with van der Waals surface area (Å²) in [5.41, 5.74) is 1.02. The molecule has 2 heterocycles. The fourth-order valence-corrected chi connectivity index (χ4v) is 3.12. The fourth-order valence-electron chi connectivity index (χ4n) is 1.82. The summed E-state index contributed by atoms with van der Waals surface area (Å²) in [7, 11) is 0. The largest absolute Gasteiger partial charge is 0.422 e. The van der Waals surface area contributed by atoms with E-state index in [1.807, 2.05) is 13.0 Å². The maximum atomic E-state index is 12.0. The molecule has 0 aromatic carbocycles. The zero-order valence-corrected chi connectivity index (χ0v) is 10.3. The highest BCUT2D eigenvalue weighted by Gasteiger charge is 2.57. The van der Waals surface area contributed by atoms with Crippen LogP contribution in [0.15, 0.2) is 11.6 Å². The molecular weight excluding hydrogens is 228 g/mol. The SMILES string of the molecule is CC1=CCSC2(C1)C(=O)OC(C)(C)OC2=O. The monoisotopic (exact) mass is 242 g/mol. The minimum Gasteiger partial charge on any atom is -0.422 e. The highest BCUT2D eigenvalue weighted by atomic mass is 32.2. The minimum absolute atomic E-state index is 0.380. The van der Waals surface area contributed by atoms with Gasteiger partial charge in [0.1, 0.15) is 0 Å². The predicted molar refractivity (Wildman–Crippen MR) is 59.8 cm³/mol. The van der Waals surface area contributed by atoms with E-state index < -0.39 is 22.5 Å². The Labute approximate surface area is 98.4 Å². The highest BCUT2D eigenvalue weighted by Crippen LogP contribution is 2.43. The summed E-state index contributed by atoms with van der Waals surface area (Å²) < 4.78 is 9.14. The number of carbonyl (C=O) groups excluding carboxylic acids is 2. The lowest BCUT2D eigenvalue weighted by Crippen LogP contribution is -2.57. The molecule has 0 aromatic heterocycles. The van der Waals surface area contributed by atoms with Crippen LogP contribution in [0.3, 0.4) is 0 Å². The molecule has 0 N–H and O–H groups in total. The summed E-state index contributed by atoms with van der Waals surface area (Å²) in [5, 5.41) is 0. The van der Waals surface area contributed by atoms with Crippen molar-refractivity contribution in [3.05, 3.63) is 11.6 Å². The van der Waals surface area contributed by atoms with Crippen LogP contribution in [0.2, 0.25) is 0 Å². The van der Waals surface area contributed by atoms with Crippen molar-refractivity contribution in [2.45, 2.75) is 37.7 Å². The Morgan fingerprint density at radius 1 is 1.25 bits per heavy atom. The molecule has 2 aliphatic heterocycles. The number of esters is 2. The van der Waals surface area contributed by atoms with Crippen LogP contribution in [-0.4, -0.2) is 28.2 Å². The second-order valence-electron chi connectivity index (χ2n) is 4.54. The van der Waals surface area contributed by atoms with Gasteiger partial charge in [-0.1, -0.05) is 11.6 Å². The lowest BCUT2D eigenvalue weighted by Gasteiger charge is -2.40. The van der Waals surface area contributed by atoms with E-state index in [-0.39, 0.29) is 0 Å². The Morgan fingerprint density at radius 2 is 1.81 bits per heavy atom. The number of rotatable bonds is 0. The molecule has 1 fully saturated rings. The molecule has 4 nitrogen and oxygen atoms in total. The Balaban J connectivity index is 2.32. The number of carbonyl (C=O) groups is 2. The van der Waals surface area contributed by atoms with Gasteiger partial charge in [-0.2, -0.15) is 0 Å². The van der Waals surface area contributed by atoms with Gasteiger partial charge in [0.25, 0.3) is 5.79 Å².